The SMILES string of the molecule is CCCOc1cccc2ccc3cc4ccccc4cc3c12. The molecular formula is C21H18O. The minimum absolute atomic E-state index is 0.753. The molecule has 1 nitrogen and oxygen atoms in total. The third-order valence-electron chi connectivity index (χ3n) is 4.15. The van der Waals surface area contributed by atoms with Gasteiger partial charge in [-0.1, -0.05) is 55.5 Å². The van der Waals surface area contributed by atoms with E-state index in [-0.39, 0.29) is 0 Å². The summed E-state index contributed by atoms with van der Waals surface area (Å²) in [6.45, 7) is 2.89. The average molecular weight is 286 g/mol. The predicted molar refractivity (Wildman–Crippen MR) is 94.7 cm³/mol. The molecule has 0 aliphatic carbocycles. The molecule has 22 heavy (non-hydrogen) atoms. The van der Waals surface area contributed by atoms with E-state index >= 15 is 0 Å². The van der Waals surface area contributed by atoms with E-state index in [1.807, 2.05) is 0 Å². The lowest BCUT2D eigenvalue weighted by Crippen LogP contribution is -1.95. The molecule has 0 aromatic heterocycles. The van der Waals surface area contributed by atoms with Crippen LogP contribution < -0.4 is 4.74 Å². The van der Waals surface area contributed by atoms with Crippen LogP contribution in [-0.2, 0) is 0 Å². The van der Waals surface area contributed by atoms with Gasteiger partial charge in [-0.3, -0.25) is 0 Å². The van der Waals surface area contributed by atoms with Gasteiger partial charge in [-0.05, 0) is 51.6 Å². The van der Waals surface area contributed by atoms with Crippen LogP contribution in [0.4, 0.5) is 0 Å². The number of rotatable bonds is 3. The fourth-order valence-electron chi connectivity index (χ4n) is 3.10. The maximum Gasteiger partial charge on any atom is 0.127 e. The first-order chi connectivity index (χ1) is 10.9. The maximum atomic E-state index is 5.99. The lowest BCUT2D eigenvalue weighted by atomic mass is 9.98. The van der Waals surface area contributed by atoms with Gasteiger partial charge in [-0.25, -0.2) is 0 Å². The molecule has 0 spiro atoms. The predicted octanol–water partition coefficient (Wildman–Crippen LogP) is 5.94. The fraction of sp³-hybridized carbons (Fsp3) is 0.143. The molecule has 1 heteroatoms. The number of fused-ring (bicyclic) bond motifs is 4. The van der Waals surface area contributed by atoms with Crippen molar-refractivity contribution in [1.29, 1.82) is 0 Å². The summed E-state index contributed by atoms with van der Waals surface area (Å²) in [7, 11) is 0. The second-order valence-electron chi connectivity index (χ2n) is 5.69. The summed E-state index contributed by atoms with van der Waals surface area (Å²) in [5.74, 6) is 0.986. The lowest BCUT2D eigenvalue weighted by Gasteiger charge is -2.12. The Kier molecular flexibility index (Phi) is 3.19. The van der Waals surface area contributed by atoms with Gasteiger partial charge in [-0.15, -0.1) is 0 Å². The summed E-state index contributed by atoms with van der Waals surface area (Å²) < 4.78 is 5.99. The summed E-state index contributed by atoms with van der Waals surface area (Å²) in [6.07, 6.45) is 1.02. The van der Waals surface area contributed by atoms with Crippen LogP contribution in [0, 0.1) is 0 Å². The molecule has 0 heterocycles. The molecule has 0 amide bonds. The molecule has 0 atom stereocenters. The topological polar surface area (TPSA) is 9.23 Å². The van der Waals surface area contributed by atoms with Crippen molar-refractivity contribution in [2.45, 2.75) is 13.3 Å². The van der Waals surface area contributed by atoms with Crippen molar-refractivity contribution in [1.82, 2.24) is 0 Å². The second kappa shape index (κ2) is 5.34. The largest absolute Gasteiger partial charge is 0.493 e. The highest BCUT2D eigenvalue weighted by Crippen LogP contribution is 2.35. The van der Waals surface area contributed by atoms with Crippen molar-refractivity contribution in [2.75, 3.05) is 6.61 Å². The van der Waals surface area contributed by atoms with E-state index in [4.69, 9.17) is 4.74 Å². The zero-order valence-corrected chi connectivity index (χ0v) is 12.7. The van der Waals surface area contributed by atoms with E-state index in [1.165, 1.54) is 32.3 Å². The van der Waals surface area contributed by atoms with Gasteiger partial charge in [0.15, 0.2) is 0 Å². The van der Waals surface area contributed by atoms with Crippen molar-refractivity contribution >= 4 is 32.3 Å². The Balaban J connectivity index is 2.09. The molecule has 4 aromatic carbocycles. The van der Waals surface area contributed by atoms with Crippen LogP contribution in [0.3, 0.4) is 0 Å². The van der Waals surface area contributed by atoms with Gasteiger partial charge in [-0.2, -0.15) is 0 Å². The van der Waals surface area contributed by atoms with Crippen molar-refractivity contribution < 1.29 is 4.74 Å². The monoisotopic (exact) mass is 286 g/mol. The molecule has 0 saturated carbocycles. The molecule has 0 aliphatic heterocycles. The van der Waals surface area contributed by atoms with Crippen molar-refractivity contribution in [2.24, 2.45) is 0 Å². The number of benzene rings is 4. The highest BCUT2D eigenvalue weighted by atomic mass is 16.5. The van der Waals surface area contributed by atoms with Crippen LogP contribution in [0.2, 0.25) is 0 Å². The van der Waals surface area contributed by atoms with Crippen molar-refractivity contribution in [3.8, 4) is 5.75 Å². The quantitative estimate of drug-likeness (QED) is 0.335. The molecular weight excluding hydrogens is 268 g/mol. The summed E-state index contributed by atoms with van der Waals surface area (Å²) in [5.41, 5.74) is 0. The van der Waals surface area contributed by atoms with Crippen LogP contribution >= 0.6 is 0 Å². The minimum atomic E-state index is 0.753. The molecule has 108 valence electrons. The van der Waals surface area contributed by atoms with E-state index in [0.717, 1.165) is 18.8 Å². The molecule has 0 radical (unpaired) electrons. The zero-order valence-electron chi connectivity index (χ0n) is 12.7. The van der Waals surface area contributed by atoms with Gasteiger partial charge in [0.1, 0.15) is 5.75 Å². The summed E-state index contributed by atoms with van der Waals surface area (Å²) in [5, 5.41) is 7.53. The molecule has 0 bridgehead atoms. The molecule has 4 rings (SSSR count). The normalized spacial score (nSPS) is 11.3. The average Bonchev–Trinajstić information content (AvgIpc) is 2.57. The zero-order chi connectivity index (χ0) is 14.9. The van der Waals surface area contributed by atoms with E-state index in [1.54, 1.807) is 0 Å². The Morgan fingerprint density at radius 1 is 0.727 bits per heavy atom. The highest BCUT2D eigenvalue weighted by Gasteiger charge is 2.08. The second-order valence-corrected chi connectivity index (χ2v) is 5.69. The molecule has 0 saturated heterocycles. The fourth-order valence-corrected chi connectivity index (χ4v) is 3.10. The smallest absolute Gasteiger partial charge is 0.127 e. The lowest BCUT2D eigenvalue weighted by molar-refractivity contribution is 0.321. The van der Waals surface area contributed by atoms with Gasteiger partial charge >= 0.3 is 0 Å². The van der Waals surface area contributed by atoms with Gasteiger partial charge in [0.05, 0.1) is 6.61 Å². The van der Waals surface area contributed by atoms with Gasteiger partial charge < -0.3 is 4.74 Å². The number of ether oxygens (including phenoxy) is 1. The summed E-state index contributed by atoms with van der Waals surface area (Å²) in [6, 6.07) is 23.8. The maximum absolute atomic E-state index is 5.99. The standard InChI is InChI=1S/C21H18O/c1-2-12-22-20-9-5-8-15-10-11-18-13-16-6-3-4-7-17(16)14-19(18)21(15)20/h3-11,13-14H,2,12H2,1H3. The summed E-state index contributed by atoms with van der Waals surface area (Å²) in [4.78, 5) is 0. The molecule has 0 aliphatic rings. The van der Waals surface area contributed by atoms with Crippen LogP contribution in [0.1, 0.15) is 13.3 Å². The van der Waals surface area contributed by atoms with Gasteiger partial charge in [0.25, 0.3) is 0 Å². The Morgan fingerprint density at radius 2 is 1.45 bits per heavy atom. The van der Waals surface area contributed by atoms with Crippen LogP contribution in [0.25, 0.3) is 32.3 Å². The van der Waals surface area contributed by atoms with E-state index in [0.29, 0.717) is 0 Å². The molecule has 4 aromatic rings. The minimum Gasteiger partial charge on any atom is -0.493 e. The Bertz CT molecular complexity index is 969. The summed E-state index contributed by atoms with van der Waals surface area (Å²) >= 11 is 0. The third-order valence-corrected chi connectivity index (χ3v) is 4.15. The van der Waals surface area contributed by atoms with Gasteiger partial charge in [0.2, 0.25) is 0 Å². The first kappa shape index (κ1) is 13.1. The first-order valence-electron chi connectivity index (χ1n) is 7.84. The van der Waals surface area contributed by atoms with Crippen LogP contribution in [0.15, 0.2) is 66.7 Å². The Morgan fingerprint density at radius 3 is 2.27 bits per heavy atom. The molecule has 0 unspecified atom stereocenters. The third kappa shape index (κ3) is 2.10. The first-order valence-corrected chi connectivity index (χ1v) is 7.84. The number of hydrogen-bond donors (Lipinski definition) is 0. The van der Waals surface area contributed by atoms with E-state index in [9.17, 15) is 0 Å². The van der Waals surface area contributed by atoms with E-state index < -0.39 is 0 Å². The van der Waals surface area contributed by atoms with Crippen molar-refractivity contribution in [3.05, 3.63) is 66.7 Å². The Hall–Kier alpha value is -2.54. The Labute approximate surface area is 130 Å². The highest BCUT2D eigenvalue weighted by molar-refractivity contribution is 6.14. The van der Waals surface area contributed by atoms with Gasteiger partial charge in [0, 0.05) is 5.39 Å². The molecule has 0 fully saturated rings. The van der Waals surface area contributed by atoms with Crippen molar-refractivity contribution in [3.63, 3.8) is 0 Å². The van der Waals surface area contributed by atoms with E-state index in [2.05, 4.69) is 73.7 Å². The van der Waals surface area contributed by atoms with Crippen LogP contribution in [-0.4, -0.2) is 6.61 Å². The number of hydrogen-bond acceptors (Lipinski definition) is 1. The molecule has 0 N–H and O–H groups in total. The van der Waals surface area contributed by atoms with Crippen LogP contribution in [0.5, 0.6) is 5.75 Å².